The summed E-state index contributed by atoms with van der Waals surface area (Å²) in [5, 5.41) is 4.61. The van der Waals surface area contributed by atoms with Crippen LogP contribution in [0.2, 0.25) is 10.0 Å². The molecule has 0 fully saturated rings. The van der Waals surface area contributed by atoms with Gasteiger partial charge in [0.1, 0.15) is 0 Å². The molecule has 0 aromatic heterocycles. The van der Waals surface area contributed by atoms with Gasteiger partial charge in [0.15, 0.2) is 0 Å². The molecule has 66 valence electrons. The maximum Gasteiger partial charge on any atom is 0.0638 e. The molecule has 12 heavy (non-hydrogen) atoms. The van der Waals surface area contributed by atoms with Crippen LogP contribution in [0.5, 0.6) is 0 Å². The molecular weight excluding hydrogens is 193 g/mol. The van der Waals surface area contributed by atoms with Gasteiger partial charge >= 0.3 is 0 Å². The Morgan fingerprint density at radius 3 is 2.75 bits per heavy atom. The average Bonchev–Trinajstić information content (AvgIpc) is 2.07. The molecule has 0 aliphatic carbocycles. The normalized spacial score (nSPS) is 9.92. The first-order valence-electron chi connectivity index (χ1n) is 3.93. The second-order valence-corrected chi connectivity index (χ2v) is 3.39. The fraction of sp³-hybridized carbons (Fsp3) is 0.333. The molecule has 0 bridgehead atoms. The summed E-state index contributed by atoms with van der Waals surface area (Å²) in [6.07, 6.45) is 1.07. The van der Waals surface area contributed by atoms with Gasteiger partial charge in [0.25, 0.3) is 0 Å². The van der Waals surface area contributed by atoms with Gasteiger partial charge in [-0.3, -0.25) is 0 Å². The predicted molar refractivity (Wildman–Crippen MR) is 55.2 cm³/mol. The Hall–Kier alpha value is -0.400. The molecule has 1 nitrogen and oxygen atoms in total. The van der Waals surface area contributed by atoms with Crippen LogP contribution in [0.25, 0.3) is 0 Å². The quantitative estimate of drug-likeness (QED) is 0.789. The molecule has 0 aliphatic heterocycles. The minimum Gasteiger partial charge on any atom is -0.384 e. The number of hydrogen-bond acceptors (Lipinski definition) is 1. The monoisotopic (exact) mass is 203 g/mol. The van der Waals surface area contributed by atoms with Crippen LogP contribution in [0.1, 0.15) is 13.3 Å². The lowest BCUT2D eigenvalue weighted by Gasteiger charge is -2.06. The summed E-state index contributed by atoms with van der Waals surface area (Å²) >= 11 is 11.7. The van der Waals surface area contributed by atoms with E-state index in [9.17, 15) is 0 Å². The van der Waals surface area contributed by atoms with Crippen molar-refractivity contribution < 1.29 is 0 Å². The Kier molecular flexibility index (Phi) is 3.70. The van der Waals surface area contributed by atoms with Crippen LogP contribution in [0.4, 0.5) is 5.69 Å². The summed E-state index contributed by atoms with van der Waals surface area (Å²) in [5.74, 6) is 0. The lowest BCUT2D eigenvalue weighted by Crippen LogP contribution is -1.99. The SMILES string of the molecule is CCCNc1cc(Cl)ccc1Cl. The zero-order chi connectivity index (χ0) is 8.97. The Morgan fingerprint density at radius 1 is 1.33 bits per heavy atom. The van der Waals surface area contributed by atoms with Crippen molar-refractivity contribution in [3.8, 4) is 0 Å². The summed E-state index contributed by atoms with van der Waals surface area (Å²) in [4.78, 5) is 0. The Labute approximate surface area is 82.7 Å². The highest BCUT2D eigenvalue weighted by Crippen LogP contribution is 2.25. The van der Waals surface area contributed by atoms with Gasteiger partial charge in [-0.1, -0.05) is 30.1 Å². The first kappa shape index (κ1) is 9.69. The van der Waals surface area contributed by atoms with E-state index >= 15 is 0 Å². The molecule has 0 saturated heterocycles. The average molecular weight is 204 g/mol. The first-order valence-corrected chi connectivity index (χ1v) is 4.68. The molecule has 0 heterocycles. The van der Waals surface area contributed by atoms with Gasteiger partial charge in [-0.2, -0.15) is 0 Å². The summed E-state index contributed by atoms with van der Waals surface area (Å²) in [7, 11) is 0. The minimum absolute atomic E-state index is 0.706. The van der Waals surface area contributed by atoms with Crippen LogP contribution in [0, 0.1) is 0 Å². The molecule has 3 heteroatoms. The zero-order valence-electron chi connectivity index (χ0n) is 6.90. The first-order chi connectivity index (χ1) is 5.74. The van der Waals surface area contributed by atoms with Crippen molar-refractivity contribution in [2.24, 2.45) is 0 Å². The number of hydrogen-bond donors (Lipinski definition) is 1. The molecule has 0 saturated carbocycles. The third-order valence-electron chi connectivity index (χ3n) is 1.49. The highest BCUT2D eigenvalue weighted by Gasteiger charge is 1.98. The van der Waals surface area contributed by atoms with Gasteiger partial charge in [-0.25, -0.2) is 0 Å². The van der Waals surface area contributed by atoms with E-state index in [0.717, 1.165) is 18.7 Å². The lowest BCUT2D eigenvalue weighted by molar-refractivity contribution is 0.980. The van der Waals surface area contributed by atoms with Gasteiger partial charge < -0.3 is 5.32 Å². The van der Waals surface area contributed by atoms with Gasteiger partial charge in [0.2, 0.25) is 0 Å². The fourth-order valence-electron chi connectivity index (χ4n) is 0.893. The van der Waals surface area contributed by atoms with Crippen molar-refractivity contribution in [2.75, 3.05) is 11.9 Å². The summed E-state index contributed by atoms with van der Waals surface area (Å²) < 4.78 is 0. The van der Waals surface area contributed by atoms with Crippen molar-refractivity contribution in [1.82, 2.24) is 0 Å². The van der Waals surface area contributed by atoms with Crippen molar-refractivity contribution >= 4 is 28.9 Å². The fourth-order valence-corrected chi connectivity index (χ4v) is 1.25. The maximum atomic E-state index is 5.91. The van der Waals surface area contributed by atoms with E-state index in [1.54, 1.807) is 12.1 Å². The topological polar surface area (TPSA) is 12.0 Å². The molecule has 0 spiro atoms. The molecule has 1 aromatic rings. The van der Waals surface area contributed by atoms with Crippen LogP contribution >= 0.6 is 23.2 Å². The van der Waals surface area contributed by atoms with Crippen molar-refractivity contribution in [3.63, 3.8) is 0 Å². The summed E-state index contributed by atoms with van der Waals surface area (Å²) in [6.45, 7) is 3.02. The summed E-state index contributed by atoms with van der Waals surface area (Å²) in [5.41, 5.74) is 0.908. The molecule has 0 atom stereocenters. The highest BCUT2D eigenvalue weighted by atomic mass is 35.5. The molecule has 1 N–H and O–H groups in total. The minimum atomic E-state index is 0.706. The number of rotatable bonds is 3. The van der Waals surface area contributed by atoms with Gasteiger partial charge in [0.05, 0.1) is 10.7 Å². The van der Waals surface area contributed by atoms with E-state index in [1.807, 2.05) is 6.07 Å². The van der Waals surface area contributed by atoms with E-state index in [2.05, 4.69) is 12.2 Å². The van der Waals surface area contributed by atoms with Gasteiger partial charge in [-0.05, 0) is 24.6 Å². The molecular formula is C9H11Cl2N. The predicted octanol–water partition coefficient (Wildman–Crippen LogP) is 3.82. The van der Waals surface area contributed by atoms with Crippen molar-refractivity contribution in [2.45, 2.75) is 13.3 Å². The smallest absolute Gasteiger partial charge is 0.0638 e. The molecule has 0 unspecified atom stereocenters. The van der Waals surface area contributed by atoms with Crippen molar-refractivity contribution in [1.29, 1.82) is 0 Å². The molecule has 0 amide bonds. The lowest BCUT2D eigenvalue weighted by atomic mass is 10.3. The highest BCUT2D eigenvalue weighted by molar-refractivity contribution is 6.35. The Bertz CT molecular complexity index is 261. The number of benzene rings is 1. The second-order valence-electron chi connectivity index (χ2n) is 2.55. The largest absolute Gasteiger partial charge is 0.384 e. The molecule has 0 radical (unpaired) electrons. The standard InChI is InChI=1S/C9H11Cl2N/c1-2-5-12-9-6-7(10)3-4-8(9)11/h3-4,6,12H,2,5H2,1H3. The second kappa shape index (κ2) is 4.58. The van der Waals surface area contributed by atoms with E-state index < -0.39 is 0 Å². The van der Waals surface area contributed by atoms with E-state index in [4.69, 9.17) is 23.2 Å². The maximum absolute atomic E-state index is 5.91. The third kappa shape index (κ3) is 2.58. The number of nitrogens with one attached hydrogen (secondary N) is 1. The van der Waals surface area contributed by atoms with Crippen LogP contribution in [0.3, 0.4) is 0 Å². The number of halogens is 2. The van der Waals surface area contributed by atoms with Crippen molar-refractivity contribution in [3.05, 3.63) is 28.2 Å². The van der Waals surface area contributed by atoms with Gasteiger partial charge in [-0.15, -0.1) is 0 Å². The molecule has 0 aliphatic rings. The zero-order valence-corrected chi connectivity index (χ0v) is 8.41. The summed E-state index contributed by atoms with van der Waals surface area (Å²) in [6, 6.07) is 5.41. The van der Waals surface area contributed by atoms with E-state index in [-0.39, 0.29) is 0 Å². The van der Waals surface area contributed by atoms with Crippen LogP contribution in [-0.2, 0) is 0 Å². The van der Waals surface area contributed by atoms with Crippen LogP contribution < -0.4 is 5.32 Å². The van der Waals surface area contributed by atoms with Crippen LogP contribution in [0.15, 0.2) is 18.2 Å². The molecule has 1 rings (SSSR count). The Morgan fingerprint density at radius 2 is 2.08 bits per heavy atom. The molecule has 1 aromatic carbocycles. The Balaban J connectivity index is 2.75. The van der Waals surface area contributed by atoms with Gasteiger partial charge in [0, 0.05) is 11.6 Å². The number of anilines is 1. The van der Waals surface area contributed by atoms with E-state index in [0.29, 0.717) is 10.0 Å². The third-order valence-corrected chi connectivity index (χ3v) is 2.06. The van der Waals surface area contributed by atoms with E-state index in [1.165, 1.54) is 0 Å². The van der Waals surface area contributed by atoms with Crippen LogP contribution in [-0.4, -0.2) is 6.54 Å².